The summed E-state index contributed by atoms with van der Waals surface area (Å²) in [6.45, 7) is 3.81. The highest BCUT2D eigenvalue weighted by Crippen LogP contribution is 2.21. The van der Waals surface area contributed by atoms with Crippen LogP contribution in [0.2, 0.25) is 0 Å². The van der Waals surface area contributed by atoms with E-state index < -0.39 is 17.2 Å². The van der Waals surface area contributed by atoms with Gasteiger partial charge in [0, 0.05) is 6.54 Å². The number of hydrogen-bond donors (Lipinski definition) is 2. The number of halogens is 2. The summed E-state index contributed by atoms with van der Waals surface area (Å²) in [5.74, 6) is -1.29. The average Bonchev–Trinajstić information content (AvgIpc) is 2.28. The highest BCUT2D eigenvalue weighted by molar-refractivity contribution is 5.46. The smallest absolute Gasteiger partial charge is 0.149 e. The molecule has 0 amide bonds. The molecule has 0 atom stereocenters. The minimum atomic E-state index is -0.922. The predicted octanol–water partition coefficient (Wildman–Crippen LogP) is 2.93. The lowest BCUT2D eigenvalue weighted by molar-refractivity contribution is 0.0456. The quantitative estimate of drug-likeness (QED) is 0.813. The Kier molecular flexibility index (Phi) is 4.24. The van der Waals surface area contributed by atoms with Crippen LogP contribution in [0.1, 0.15) is 26.7 Å². The van der Waals surface area contributed by atoms with E-state index in [-0.39, 0.29) is 12.2 Å². The lowest BCUT2D eigenvalue weighted by Gasteiger charge is -2.26. The summed E-state index contributed by atoms with van der Waals surface area (Å²) >= 11 is 0. The second-order valence-corrected chi connectivity index (χ2v) is 3.88. The first-order valence-electron chi connectivity index (χ1n) is 5.42. The molecule has 0 radical (unpaired) electrons. The summed E-state index contributed by atoms with van der Waals surface area (Å²) < 4.78 is 26.5. The molecule has 0 aromatic heterocycles. The Balaban J connectivity index is 2.75. The van der Waals surface area contributed by atoms with Crippen molar-refractivity contribution in [2.75, 3.05) is 11.9 Å². The van der Waals surface area contributed by atoms with Crippen LogP contribution in [0.5, 0.6) is 0 Å². The topological polar surface area (TPSA) is 32.3 Å². The first kappa shape index (κ1) is 12.9. The fourth-order valence-corrected chi connectivity index (χ4v) is 1.42. The number of aliphatic hydroxyl groups is 1. The first-order valence-corrected chi connectivity index (χ1v) is 5.42. The van der Waals surface area contributed by atoms with Crippen molar-refractivity contribution in [1.82, 2.24) is 0 Å². The molecule has 0 aliphatic heterocycles. The third-order valence-corrected chi connectivity index (χ3v) is 2.87. The number of nitrogens with one attached hydrogen (secondary N) is 1. The van der Waals surface area contributed by atoms with Gasteiger partial charge < -0.3 is 10.4 Å². The van der Waals surface area contributed by atoms with Gasteiger partial charge in [0.2, 0.25) is 0 Å². The molecule has 0 aliphatic carbocycles. The molecule has 0 heterocycles. The molecule has 0 saturated carbocycles. The van der Waals surface area contributed by atoms with E-state index >= 15 is 0 Å². The van der Waals surface area contributed by atoms with Crippen molar-refractivity contribution < 1.29 is 13.9 Å². The summed E-state index contributed by atoms with van der Waals surface area (Å²) in [5.41, 5.74) is -1.10. The second kappa shape index (κ2) is 5.25. The minimum Gasteiger partial charge on any atom is -0.388 e. The van der Waals surface area contributed by atoms with E-state index in [9.17, 15) is 13.9 Å². The van der Waals surface area contributed by atoms with E-state index in [1.807, 2.05) is 13.8 Å². The molecule has 2 nitrogen and oxygen atoms in total. The highest BCUT2D eigenvalue weighted by atomic mass is 19.1. The van der Waals surface area contributed by atoms with Gasteiger partial charge in [0.1, 0.15) is 17.3 Å². The van der Waals surface area contributed by atoms with Crippen LogP contribution in [0.25, 0.3) is 0 Å². The van der Waals surface area contributed by atoms with Crippen LogP contribution in [0.3, 0.4) is 0 Å². The van der Waals surface area contributed by atoms with Crippen LogP contribution in [0.15, 0.2) is 18.2 Å². The van der Waals surface area contributed by atoms with Crippen molar-refractivity contribution in [3.63, 3.8) is 0 Å². The van der Waals surface area contributed by atoms with Crippen molar-refractivity contribution in [2.45, 2.75) is 32.3 Å². The number of para-hydroxylation sites is 1. The summed E-state index contributed by atoms with van der Waals surface area (Å²) in [6, 6.07) is 3.67. The van der Waals surface area contributed by atoms with Crippen molar-refractivity contribution >= 4 is 5.69 Å². The van der Waals surface area contributed by atoms with Gasteiger partial charge in [-0.15, -0.1) is 0 Å². The fraction of sp³-hybridized carbons (Fsp3) is 0.500. The number of hydrogen-bond acceptors (Lipinski definition) is 2. The van der Waals surface area contributed by atoms with Gasteiger partial charge in [-0.2, -0.15) is 0 Å². The zero-order valence-corrected chi connectivity index (χ0v) is 9.56. The van der Waals surface area contributed by atoms with Crippen LogP contribution in [0, 0.1) is 11.6 Å². The van der Waals surface area contributed by atoms with Gasteiger partial charge >= 0.3 is 0 Å². The maximum Gasteiger partial charge on any atom is 0.149 e. The Morgan fingerprint density at radius 1 is 1.19 bits per heavy atom. The highest BCUT2D eigenvalue weighted by Gasteiger charge is 2.22. The standard InChI is InChI=1S/C12H17F2NO/c1-3-12(16,4-2)8-15-11-9(13)6-5-7-10(11)14/h5-7,15-16H,3-4,8H2,1-2H3. The second-order valence-electron chi connectivity index (χ2n) is 3.88. The summed E-state index contributed by atoms with van der Waals surface area (Å²) in [6.07, 6.45) is 1.07. The summed E-state index contributed by atoms with van der Waals surface area (Å²) in [4.78, 5) is 0. The molecule has 1 aromatic carbocycles. The third-order valence-electron chi connectivity index (χ3n) is 2.87. The molecular weight excluding hydrogens is 212 g/mol. The van der Waals surface area contributed by atoms with Gasteiger partial charge in [0.25, 0.3) is 0 Å². The molecule has 0 bridgehead atoms. The van der Waals surface area contributed by atoms with Gasteiger partial charge in [0.15, 0.2) is 0 Å². The normalized spacial score (nSPS) is 11.6. The Morgan fingerprint density at radius 2 is 1.69 bits per heavy atom. The Bertz CT molecular complexity index is 331. The van der Waals surface area contributed by atoms with Crippen molar-refractivity contribution in [3.8, 4) is 0 Å². The minimum absolute atomic E-state index is 0.137. The van der Waals surface area contributed by atoms with Crippen LogP contribution in [-0.2, 0) is 0 Å². The largest absolute Gasteiger partial charge is 0.388 e. The van der Waals surface area contributed by atoms with E-state index in [2.05, 4.69) is 5.32 Å². The fourth-order valence-electron chi connectivity index (χ4n) is 1.42. The predicted molar refractivity (Wildman–Crippen MR) is 60.4 cm³/mol. The maximum absolute atomic E-state index is 13.2. The van der Waals surface area contributed by atoms with Crippen LogP contribution >= 0.6 is 0 Å². The van der Waals surface area contributed by atoms with Crippen molar-refractivity contribution in [2.24, 2.45) is 0 Å². The molecule has 0 saturated heterocycles. The number of benzene rings is 1. The summed E-state index contributed by atoms with van der Waals surface area (Å²) in [5, 5.41) is 12.6. The number of rotatable bonds is 5. The molecule has 4 heteroatoms. The van der Waals surface area contributed by atoms with Gasteiger partial charge in [0.05, 0.1) is 5.60 Å². The molecule has 0 aliphatic rings. The van der Waals surface area contributed by atoms with E-state index in [0.29, 0.717) is 12.8 Å². The Morgan fingerprint density at radius 3 is 2.12 bits per heavy atom. The molecule has 1 aromatic rings. The molecule has 0 spiro atoms. The molecule has 16 heavy (non-hydrogen) atoms. The Hall–Kier alpha value is -1.16. The third kappa shape index (κ3) is 2.92. The lowest BCUT2D eigenvalue weighted by Crippen LogP contribution is -2.35. The zero-order chi connectivity index (χ0) is 12.2. The van der Waals surface area contributed by atoms with Crippen LogP contribution in [-0.4, -0.2) is 17.3 Å². The zero-order valence-electron chi connectivity index (χ0n) is 9.56. The maximum atomic E-state index is 13.2. The molecule has 2 N–H and O–H groups in total. The molecule has 1 rings (SSSR count). The van der Waals surface area contributed by atoms with Crippen molar-refractivity contribution in [3.05, 3.63) is 29.8 Å². The monoisotopic (exact) mass is 229 g/mol. The van der Waals surface area contributed by atoms with Crippen LogP contribution < -0.4 is 5.32 Å². The Labute approximate surface area is 94.3 Å². The SMILES string of the molecule is CCC(O)(CC)CNc1c(F)cccc1F. The lowest BCUT2D eigenvalue weighted by atomic mass is 9.97. The van der Waals surface area contributed by atoms with Gasteiger partial charge in [-0.1, -0.05) is 19.9 Å². The summed E-state index contributed by atoms with van der Waals surface area (Å²) in [7, 11) is 0. The van der Waals surface area contributed by atoms with E-state index in [1.165, 1.54) is 18.2 Å². The van der Waals surface area contributed by atoms with Gasteiger partial charge in [-0.25, -0.2) is 8.78 Å². The average molecular weight is 229 g/mol. The van der Waals surface area contributed by atoms with E-state index in [4.69, 9.17) is 0 Å². The van der Waals surface area contributed by atoms with Crippen molar-refractivity contribution in [1.29, 1.82) is 0 Å². The number of anilines is 1. The van der Waals surface area contributed by atoms with Gasteiger partial charge in [-0.05, 0) is 25.0 Å². The molecule has 0 unspecified atom stereocenters. The molecule has 0 fully saturated rings. The van der Waals surface area contributed by atoms with E-state index in [1.54, 1.807) is 0 Å². The van der Waals surface area contributed by atoms with Crippen LogP contribution in [0.4, 0.5) is 14.5 Å². The van der Waals surface area contributed by atoms with E-state index in [0.717, 1.165) is 0 Å². The van der Waals surface area contributed by atoms with Gasteiger partial charge in [-0.3, -0.25) is 0 Å². The molecule has 90 valence electrons. The first-order chi connectivity index (χ1) is 7.52. The molecular formula is C12H17F2NO.